The molecule has 0 radical (unpaired) electrons. The number of rotatable bonds is 5. The third kappa shape index (κ3) is 3.37. The minimum absolute atomic E-state index is 0.803. The maximum atomic E-state index is 4.44. The Hall–Kier alpha value is -2.33. The lowest BCUT2D eigenvalue weighted by atomic mass is 10.1. The summed E-state index contributed by atoms with van der Waals surface area (Å²) in [6.45, 7) is 7.96. The molecule has 0 unspecified atom stereocenters. The van der Waals surface area contributed by atoms with Gasteiger partial charge < -0.3 is 0 Å². The first kappa shape index (κ1) is 15.6. The fraction of sp³-hybridized carbons (Fsp3) is 0.158. The molecule has 1 aromatic heterocycles. The van der Waals surface area contributed by atoms with E-state index in [-0.39, 0.29) is 0 Å². The van der Waals surface area contributed by atoms with Crippen LogP contribution in [0.5, 0.6) is 0 Å². The second-order valence-electron chi connectivity index (χ2n) is 5.45. The molecule has 0 spiro atoms. The summed E-state index contributed by atoms with van der Waals surface area (Å²) in [5.41, 5.74) is 4.59. The Bertz CT molecular complexity index is 819. The van der Waals surface area contributed by atoms with Crippen molar-refractivity contribution in [2.45, 2.75) is 19.0 Å². The third-order valence-corrected chi connectivity index (χ3v) is 4.46. The summed E-state index contributed by atoms with van der Waals surface area (Å²) in [4.78, 5) is 0. The molecular weight excluding hydrogens is 302 g/mol. The molecule has 0 fully saturated rings. The van der Waals surface area contributed by atoms with Crippen LogP contribution in [-0.4, -0.2) is 20.5 Å². The molecule has 0 N–H and O–H groups in total. The summed E-state index contributed by atoms with van der Waals surface area (Å²) in [6, 6.07) is 16.8. The normalized spacial score (nSPS) is 10.7. The Morgan fingerprint density at radius 2 is 1.83 bits per heavy atom. The summed E-state index contributed by atoms with van der Waals surface area (Å²) in [5.74, 6) is 1.67. The highest BCUT2D eigenvalue weighted by atomic mass is 32.2. The molecule has 0 bridgehead atoms. The molecule has 0 aliphatic rings. The first-order valence-corrected chi connectivity index (χ1v) is 8.51. The lowest BCUT2D eigenvalue weighted by Gasteiger charge is -2.10. The molecule has 0 aliphatic heterocycles. The van der Waals surface area contributed by atoms with Gasteiger partial charge in [-0.1, -0.05) is 59.3 Å². The largest absolute Gasteiger partial charge is 0.270 e. The Labute approximate surface area is 141 Å². The van der Waals surface area contributed by atoms with Crippen molar-refractivity contribution >= 4 is 11.8 Å². The number of hydrogen-bond donors (Lipinski definition) is 0. The van der Waals surface area contributed by atoms with Gasteiger partial charge >= 0.3 is 0 Å². The lowest BCUT2D eigenvalue weighted by Crippen LogP contribution is -2.00. The molecule has 0 amide bonds. The maximum absolute atomic E-state index is 4.44. The Morgan fingerprint density at radius 1 is 1.04 bits per heavy atom. The number of aryl methyl sites for hydroxylation is 2. The minimum Gasteiger partial charge on any atom is -0.270 e. The average molecular weight is 321 g/mol. The monoisotopic (exact) mass is 321 g/mol. The van der Waals surface area contributed by atoms with Gasteiger partial charge in [0, 0.05) is 17.0 Å². The number of thioether (sulfide) groups is 1. The van der Waals surface area contributed by atoms with Gasteiger partial charge in [0.15, 0.2) is 11.0 Å². The molecule has 0 saturated heterocycles. The van der Waals surface area contributed by atoms with Crippen LogP contribution in [0.4, 0.5) is 0 Å². The van der Waals surface area contributed by atoms with E-state index in [0.29, 0.717) is 0 Å². The average Bonchev–Trinajstić information content (AvgIpc) is 2.97. The molecule has 1 heterocycles. The molecular formula is C19H19N3S. The zero-order valence-electron chi connectivity index (χ0n) is 13.4. The van der Waals surface area contributed by atoms with Crippen LogP contribution in [0, 0.1) is 13.8 Å². The molecule has 116 valence electrons. The first-order chi connectivity index (χ1) is 11.2. The van der Waals surface area contributed by atoms with Crippen molar-refractivity contribution in [1.29, 1.82) is 0 Å². The summed E-state index contributed by atoms with van der Waals surface area (Å²) < 4.78 is 2.11. The van der Waals surface area contributed by atoms with Crippen LogP contribution in [0.1, 0.15) is 11.1 Å². The standard InChI is InChI=1S/C19H19N3S/c1-4-12-23-19-21-20-18(16-7-5-6-15(3)13-16)22(19)17-10-8-14(2)9-11-17/h4-11,13H,1,12H2,2-3H3. The van der Waals surface area contributed by atoms with Gasteiger partial charge in [-0.3, -0.25) is 4.57 Å². The van der Waals surface area contributed by atoms with E-state index in [1.165, 1.54) is 11.1 Å². The maximum Gasteiger partial charge on any atom is 0.196 e. The van der Waals surface area contributed by atoms with Gasteiger partial charge in [-0.25, -0.2) is 0 Å². The van der Waals surface area contributed by atoms with E-state index in [1.54, 1.807) is 11.8 Å². The Morgan fingerprint density at radius 3 is 2.52 bits per heavy atom. The first-order valence-electron chi connectivity index (χ1n) is 7.52. The third-order valence-electron chi connectivity index (χ3n) is 3.53. The van der Waals surface area contributed by atoms with E-state index in [9.17, 15) is 0 Å². The summed E-state index contributed by atoms with van der Waals surface area (Å²) in [7, 11) is 0. The molecule has 23 heavy (non-hydrogen) atoms. The van der Waals surface area contributed by atoms with Crippen LogP contribution < -0.4 is 0 Å². The highest BCUT2D eigenvalue weighted by Gasteiger charge is 2.15. The molecule has 2 aromatic carbocycles. The fourth-order valence-electron chi connectivity index (χ4n) is 2.39. The van der Waals surface area contributed by atoms with Gasteiger partial charge in [0.1, 0.15) is 0 Å². The van der Waals surface area contributed by atoms with Gasteiger partial charge in [0.2, 0.25) is 0 Å². The summed E-state index contributed by atoms with van der Waals surface area (Å²) in [5, 5.41) is 9.70. The van der Waals surface area contributed by atoms with Crippen molar-refractivity contribution in [1.82, 2.24) is 14.8 Å². The molecule has 3 aromatic rings. The van der Waals surface area contributed by atoms with Crippen LogP contribution in [0.3, 0.4) is 0 Å². The van der Waals surface area contributed by atoms with Crippen molar-refractivity contribution < 1.29 is 0 Å². The highest BCUT2D eigenvalue weighted by Crippen LogP contribution is 2.28. The van der Waals surface area contributed by atoms with Crippen molar-refractivity contribution in [3.05, 3.63) is 72.3 Å². The van der Waals surface area contributed by atoms with Crippen LogP contribution in [0.15, 0.2) is 66.3 Å². The SMILES string of the molecule is C=CCSc1nnc(-c2cccc(C)c2)n1-c1ccc(C)cc1. The second-order valence-corrected chi connectivity index (χ2v) is 6.43. The van der Waals surface area contributed by atoms with Crippen LogP contribution in [0.2, 0.25) is 0 Å². The van der Waals surface area contributed by atoms with Crippen LogP contribution in [-0.2, 0) is 0 Å². The number of nitrogens with zero attached hydrogens (tertiary/aromatic N) is 3. The molecule has 3 nitrogen and oxygen atoms in total. The van der Waals surface area contributed by atoms with E-state index < -0.39 is 0 Å². The zero-order chi connectivity index (χ0) is 16.2. The summed E-state index contributed by atoms with van der Waals surface area (Å²) >= 11 is 1.64. The smallest absolute Gasteiger partial charge is 0.196 e. The molecule has 3 rings (SSSR count). The highest BCUT2D eigenvalue weighted by molar-refractivity contribution is 7.99. The van der Waals surface area contributed by atoms with E-state index in [4.69, 9.17) is 0 Å². The van der Waals surface area contributed by atoms with Crippen molar-refractivity contribution in [2.24, 2.45) is 0 Å². The topological polar surface area (TPSA) is 30.7 Å². The molecule has 0 saturated carbocycles. The zero-order valence-corrected chi connectivity index (χ0v) is 14.2. The molecule has 0 atom stereocenters. The number of benzene rings is 2. The van der Waals surface area contributed by atoms with E-state index in [0.717, 1.165) is 28.0 Å². The van der Waals surface area contributed by atoms with Crippen molar-refractivity contribution in [3.63, 3.8) is 0 Å². The Balaban J connectivity index is 2.14. The number of hydrogen-bond acceptors (Lipinski definition) is 3. The van der Waals surface area contributed by atoms with Gasteiger partial charge in [-0.2, -0.15) is 0 Å². The predicted octanol–water partition coefficient (Wildman–Crippen LogP) is 4.83. The fourth-order valence-corrected chi connectivity index (χ4v) is 3.08. The van der Waals surface area contributed by atoms with E-state index in [1.807, 2.05) is 6.08 Å². The summed E-state index contributed by atoms with van der Waals surface area (Å²) in [6.07, 6.45) is 1.88. The molecule has 0 aliphatic carbocycles. The quantitative estimate of drug-likeness (QED) is 0.498. The number of aromatic nitrogens is 3. The Kier molecular flexibility index (Phi) is 4.63. The van der Waals surface area contributed by atoms with E-state index >= 15 is 0 Å². The lowest BCUT2D eigenvalue weighted by molar-refractivity contribution is 0.887. The van der Waals surface area contributed by atoms with Gasteiger partial charge in [0.25, 0.3) is 0 Å². The van der Waals surface area contributed by atoms with Gasteiger partial charge in [0.05, 0.1) is 0 Å². The van der Waals surface area contributed by atoms with Crippen LogP contribution in [0.25, 0.3) is 17.1 Å². The van der Waals surface area contributed by atoms with Gasteiger partial charge in [-0.05, 0) is 32.0 Å². The second kappa shape index (κ2) is 6.84. The van der Waals surface area contributed by atoms with Crippen LogP contribution >= 0.6 is 11.8 Å². The van der Waals surface area contributed by atoms with E-state index in [2.05, 4.69) is 83.7 Å². The van der Waals surface area contributed by atoms with Crippen molar-refractivity contribution in [2.75, 3.05) is 5.75 Å². The predicted molar refractivity (Wildman–Crippen MR) is 97.2 cm³/mol. The van der Waals surface area contributed by atoms with Crippen molar-refractivity contribution in [3.8, 4) is 17.1 Å². The minimum atomic E-state index is 0.803. The van der Waals surface area contributed by atoms with Gasteiger partial charge in [-0.15, -0.1) is 16.8 Å². The molecule has 4 heteroatoms.